The summed E-state index contributed by atoms with van der Waals surface area (Å²) in [7, 11) is 4.23. The number of rotatable bonds is 4. The van der Waals surface area contributed by atoms with E-state index < -0.39 is 0 Å². The summed E-state index contributed by atoms with van der Waals surface area (Å²) in [4.78, 5) is 3.59. The van der Waals surface area contributed by atoms with Crippen molar-refractivity contribution in [2.45, 2.75) is 31.1 Å². The van der Waals surface area contributed by atoms with Crippen LogP contribution in [-0.2, 0) is 5.41 Å². The van der Waals surface area contributed by atoms with Crippen LogP contribution >= 0.6 is 11.8 Å². The molecule has 90 valence electrons. The highest BCUT2D eigenvalue weighted by Crippen LogP contribution is 2.25. The van der Waals surface area contributed by atoms with Gasteiger partial charge in [-0.3, -0.25) is 0 Å². The summed E-state index contributed by atoms with van der Waals surface area (Å²) in [5.74, 6) is 1.15. The van der Waals surface area contributed by atoms with Crippen LogP contribution in [0.15, 0.2) is 29.2 Å². The average Bonchev–Trinajstić information content (AvgIpc) is 2.16. The summed E-state index contributed by atoms with van der Waals surface area (Å²) < 4.78 is 0. The van der Waals surface area contributed by atoms with E-state index in [9.17, 15) is 0 Å². The first-order valence-corrected chi connectivity index (χ1v) is 6.76. The second-order valence-corrected chi connectivity index (χ2v) is 6.59. The van der Waals surface area contributed by atoms with Gasteiger partial charge < -0.3 is 4.90 Å². The Balaban J connectivity index is 2.52. The molecule has 0 aliphatic heterocycles. The highest BCUT2D eigenvalue weighted by Gasteiger charge is 2.12. The maximum atomic E-state index is 2.25. The molecule has 0 saturated carbocycles. The number of benzene rings is 1. The maximum Gasteiger partial charge on any atom is 0.0108 e. The van der Waals surface area contributed by atoms with E-state index in [2.05, 4.69) is 64.0 Å². The van der Waals surface area contributed by atoms with Gasteiger partial charge in [-0.15, -0.1) is 11.8 Å². The Morgan fingerprint density at radius 2 is 1.62 bits per heavy atom. The highest BCUT2D eigenvalue weighted by atomic mass is 32.2. The molecule has 0 radical (unpaired) electrons. The SMILES string of the molecule is CN(C)CCSc1ccc(C(C)(C)C)cc1. The fourth-order valence-corrected chi connectivity index (χ4v) is 2.42. The normalized spacial score (nSPS) is 12.1. The van der Waals surface area contributed by atoms with Crippen molar-refractivity contribution < 1.29 is 0 Å². The minimum atomic E-state index is 0.257. The van der Waals surface area contributed by atoms with Gasteiger partial charge in [-0.25, -0.2) is 0 Å². The molecule has 0 bridgehead atoms. The predicted octanol–water partition coefficient (Wildman–Crippen LogP) is 3.64. The summed E-state index contributed by atoms with van der Waals surface area (Å²) in [5.41, 5.74) is 1.66. The fourth-order valence-electron chi connectivity index (χ4n) is 1.40. The molecule has 0 atom stereocenters. The molecule has 0 saturated heterocycles. The van der Waals surface area contributed by atoms with Gasteiger partial charge >= 0.3 is 0 Å². The zero-order valence-electron chi connectivity index (χ0n) is 11.1. The van der Waals surface area contributed by atoms with Gasteiger partial charge in [0.05, 0.1) is 0 Å². The van der Waals surface area contributed by atoms with Crippen molar-refractivity contribution in [3.8, 4) is 0 Å². The minimum absolute atomic E-state index is 0.257. The van der Waals surface area contributed by atoms with Gasteiger partial charge in [-0.2, -0.15) is 0 Å². The van der Waals surface area contributed by atoms with Crippen LogP contribution in [-0.4, -0.2) is 31.3 Å². The van der Waals surface area contributed by atoms with E-state index in [-0.39, 0.29) is 5.41 Å². The topological polar surface area (TPSA) is 3.24 Å². The Kier molecular flexibility index (Phi) is 4.88. The second kappa shape index (κ2) is 5.74. The van der Waals surface area contributed by atoms with Crippen LogP contribution in [0.4, 0.5) is 0 Å². The van der Waals surface area contributed by atoms with Crippen LogP contribution in [0.1, 0.15) is 26.3 Å². The van der Waals surface area contributed by atoms with Gasteiger partial charge in [0.2, 0.25) is 0 Å². The van der Waals surface area contributed by atoms with Gasteiger partial charge in [0.25, 0.3) is 0 Å². The molecule has 1 rings (SSSR count). The van der Waals surface area contributed by atoms with Gasteiger partial charge in [-0.05, 0) is 37.2 Å². The van der Waals surface area contributed by atoms with E-state index in [4.69, 9.17) is 0 Å². The summed E-state index contributed by atoms with van der Waals surface area (Å²) in [6, 6.07) is 8.97. The second-order valence-electron chi connectivity index (χ2n) is 5.43. The lowest BCUT2D eigenvalue weighted by Gasteiger charge is -2.19. The number of hydrogen-bond acceptors (Lipinski definition) is 2. The molecule has 0 aromatic heterocycles. The Bertz CT molecular complexity index is 309. The molecule has 0 spiro atoms. The van der Waals surface area contributed by atoms with Crippen LogP contribution in [0.2, 0.25) is 0 Å². The van der Waals surface area contributed by atoms with Gasteiger partial charge in [0, 0.05) is 17.2 Å². The maximum absolute atomic E-state index is 2.25. The van der Waals surface area contributed by atoms with Crippen molar-refractivity contribution in [2.24, 2.45) is 0 Å². The molecule has 16 heavy (non-hydrogen) atoms. The third kappa shape index (κ3) is 4.58. The van der Waals surface area contributed by atoms with Crippen LogP contribution in [0.3, 0.4) is 0 Å². The molecule has 0 aliphatic carbocycles. The Morgan fingerprint density at radius 1 is 1.06 bits per heavy atom. The number of hydrogen-bond donors (Lipinski definition) is 0. The number of nitrogens with zero attached hydrogens (tertiary/aromatic N) is 1. The monoisotopic (exact) mass is 237 g/mol. The summed E-state index contributed by atoms with van der Waals surface area (Å²) in [5, 5.41) is 0. The van der Waals surface area contributed by atoms with E-state index in [1.54, 1.807) is 0 Å². The van der Waals surface area contributed by atoms with Gasteiger partial charge in [0.15, 0.2) is 0 Å². The number of thioether (sulfide) groups is 1. The van der Waals surface area contributed by atoms with Crippen LogP contribution < -0.4 is 0 Å². The molecule has 0 amide bonds. The van der Waals surface area contributed by atoms with E-state index >= 15 is 0 Å². The van der Waals surface area contributed by atoms with Crippen molar-refractivity contribution in [1.29, 1.82) is 0 Å². The fraction of sp³-hybridized carbons (Fsp3) is 0.571. The molecule has 0 fully saturated rings. The zero-order chi connectivity index (χ0) is 12.2. The third-order valence-corrected chi connectivity index (χ3v) is 3.52. The summed E-state index contributed by atoms with van der Waals surface area (Å²) in [6.07, 6.45) is 0. The first kappa shape index (κ1) is 13.6. The molecule has 2 heteroatoms. The Labute approximate surface area is 104 Å². The summed E-state index contributed by atoms with van der Waals surface area (Å²) >= 11 is 1.93. The van der Waals surface area contributed by atoms with Crippen LogP contribution in [0, 0.1) is 0 Å². The van der Waals surface area contributed by atoms with Crippen molar-refractivity contribution >= 4 is 11.8 Å². The van der Waals surface area contributed by atoms with Crippen molar-refractivity contribution in [2.75, 3.05) is 26.4 Å². The molecule has 0 aliphatic rings. The lowest BCUT2D eigenvalue weighted by Crippen LogP contribution is -2.14. The third-order valence-electron chi connectivity index (χ3n) is 2.53. The quantitative estimate of drug-likeness (QED) is 0.736. The summed E-state index contributed by atoms with van der Waals surface area (Å²) in [6.45, 7) is 7.88. The largest absolute Gasteiger partial charge is 0.309 e. The van der Waals surface area contributed by atoms with Crippen molar-refractivity contribution in [3.63, 3.8) is 0 Å². The minimum Gasteiger partial charge on any atom is -0.309 e. The average molecular weight is 237 g/mol. The molecular weight excluding hydrogens is 214 g/mol. The van der Waals surface area contributed by atoms with Gasteiger partial charge in [-0.1, -0.05) is 32.9 Å². The van der Waals surface area contributed by atoms with E-state index in [1.807, 2.05) is 11.8 Å². The zero-order valence-corrected chi connectivity index (χ0v) is 11.9. The molecule has 1 aromatic carbocycles. The van der Waals surface area contributed by atoms with Crippen molar-refractivity contribution in [3.05, 3.63) is 29.8 Å². The predicted molar refractivity (Wildman–Crippen MR) is 74.4 cm³/mol. The highest BCUT2D eigenvalue weighted by molar-refractivity contribution is 7.99. The van der Waals surface area contributed by atoms with Gasteiger partial charge in [0.1, 0.15) is 0 Å². The van der Waals surface area contributed by atoms with Crippen LogP contribution in [0.5, 0.6) is 0 Å². The molecular formula is C14H23NS. The Morgan fingerprint density at radius 3 is 2.06 bits per heavy atom. The first-order valence-electron chi connectivity index (χ1n) is 5.77. The Hall–Kier alpha value is -0.470. The lowest BCUT2D eigenvalue weighted by molar-refractivity contribution is 0.437. The smallest absolute Gasteiger partial charge is 0.0108 e. The molecule has 0 N–H and O–H groups in total. The van der Waals surface area contributed by atoms with E-state index in [1.165, 1.54) is 10.5 Å². The van der Waals surface area contributed by atoms with Crippen LogP contribution in [0.25, 0.3) is 0 Å². The van der Waals surface area contributed by atoms with Crippen molar-refractivity contribution in [1.82, 2.24) is 4.90 Å². The lowest BCUT2D eigenvalue weighted by atomic mass is 9.87. The first-order chi connectivity index (χ1) is 7.39. The molecule has 1 aromatic rings. The molecule has 1 nitrogen and oxygen atoms in total. The standard InChI is InChI=1S/C14H23NS/c1-14(2,3)12-6-8-13(9-7-12)16-11-10-15(4)5/h6-9H,10-11H2,1-5H3. The molecule has 0 heterocycles. The van der Waals surface area contributed by atoms with E-state index in [0.717, 1.165) is 12.3 Å². The molecule has 0 unspecified atom stereocenters. The van der Waals surface area contributed by atoms with E-state index in [0.29, 0.717) is 0 Å².